The molecule has 0 radical (unpaired) electrons. The Kier molecular flexibility index (Phi) is 3.76. The van der Waals surface area contributed by atoms with Gasteiger partial charge in [-0.3, -0.25) is 0 Å². The Labute approximate surface area is 129 Å². The van der Waals surface area contributed by atoms with E-state index in [9.17, 15) is 0 Å². The third-order valence-electron chi connectivity index (χ3n) is 4.75. The highest BCUT2D eigenvalue weighted by molar-refractivity contribution is 7.04. The van der Waals surface area contributed by atoms with Gasteiger partial charge in [0.25, 0.3) is 0 Å². The summed E-state index contributed by atoms with van der Waals surface area (Å²) in [6.45, 7) is 8.15. The summed E-state index contributed by atoms with van der Waals surface area (Å²) in [6, 6.07) is 23.4. The molecule has 2 heteroatoms. The van der Waals surface area contributed by atoms with Crippen LogP contribution in [0.4, 0.5) is 0 Å². The van der Waals surface area contributed by atoms with Crippen molar-refractivity contribution in [3.8, 4) is 0 Å². The minimum Gasteiger partial charge on any atom is -0.373 e. The molecule has 3 rings (SSSR count). The average molecular weight is 296 g/mol. The lowest BCUT2D eigenvalue weighted by atomic mass is 10.2. The third kappa shape index (κ3) is 2.70. The number of epoxide rings is 1. The fourth-order valence-corrected chi connectivity index (χ4v) is 9.14. The second-order valence-corrected chi connectivity index (χ2v) is 11.9. The van der Waals surface area contributed by atoms with Crippen LogP contribution in [0.3, 0.4) is 0 Å². The van der Waals surface area contributed by atoms with Gasteiger partial charge in [0.1, 0.15) is 8.07 Å². The molecular formula is C19H24OSi. The van der Waals surface area contributed by atoms with Crippen LogP contribution in [0.25, 0.3) is 0 Å². The van der Waals surface area contributed by atoms with Crippen LogP contribution in [0.5, 0.6) is 0 Å². The number of benzene rings is 2. The number of ether oxygens (including phenoxy) is 1. The lowest BCUT2D eigenvalue weighted by molar-refractivity contribution is 0.420. The SMILES string of the molecule is CC(C)(C)[Si](C[C@H]1CO1)(c1ccccc1)c1ccccc1. The maximum Gasteiger partial charge on any atom is 0.125 e. The van der Waals surface area contributed by atoms with Gasteiger partial charge < -0.3 is 4.74 Å². The Bertz CT molecular complexity index is 542. The van der Waals surface area contributed by atoms with Crippen molar-refractivity contribution in [2.45, 2.75) is 38.0 Å². The van der Waals surface area contributed by atoms with Gasteiger partial charge in [-0.05, 0) is 11.1 Å². The van der Waals surface area contributed by atoms with E-state index in [0.717, 1.165) is 6.61 Å². The van der Waals surface area contributed by atoms with Crippen LogP contribution < -0.4 is 10.4 Å². The standard InChI is InChI=1S/C19H24OSi/c1-19(2,3)21(15-16-14-20-16,17-10-6-4-7-11-17)18-12-8-5-9-13-18/h4-13,16H,14-15H2,1-3H3/t16-/m1/s1. The van der Waals surface area contributed by atoms with Gasteiger partial charge >= 0.3 is 0 Å². The van der Waals surface area contributed by atoms with Crippen LogP contribution in [0.2, 0.25) is 11.1 Å². The normalized spacial score (nSPS) is 18.5. The molecular weight excluding hydrogens is 272 g/mol. The number of rotatable bonds is 4. The molecule has 0 aliphatic carbocycles. The summed E-state index contributed by atoms with van der Waals surface area (Å²) in [5.74, 6) is 0. The lowest BCUT2D eigenvalue weighted by Crippen LogP contribution is -2.64. The molecule has 1 fully saturated rings. The highest BCUT2D eigenvalue weighted by Gasteiger charge is 2.50. The number of hydrogen-bond acceptors (Lipinski definition) is 1. The first kappa shape index (κ1) is 14.5. The molecule has 0 N–H and O–H groups in total. The highest BCUT2D eigenvalue weighted by Crippen LogP contribution is 2.41. The molecule has 1 nitrogen and oxygen atoms in total. The first-order chi connectivity index (χ1) is 10.0. The average Bonchev–Trinajstić information content (AvgIpc) is 3.29. The Morgan fingerprint density at radius 2 is 1.33 bits per heavy atom. The quantitative estimate of drug-likeness (QED) is 0.622. The molecule has 2 aromatic rings. The van der Waals surface area contributed by atoms with Gasteiger partial charge in [0.05, 0.1) is 12.7 Å². The summed E-state index contributed by atoms with van der Waals surface area (Å²) < 4.78 is 5.64. The summed E-state index contributed by atoms with van der Waals surface area (Å²) in [4.78, 5) is 0. The van der Waals surface area contributed by atoms with Gasteiger partial charge in [-0.15, -0.1) is 0 Å². The molecule has 0 amide bonds. The molecule has 0 aromatic heterocycles. The fraction of sp³-hybridized carbons (Fsp3) is 0.368. The van der Waals surface area contributed by atoms with E-state index >= 15 is 0 Å². The van der Waals surface area contributed by atoms with Crippen molar-refractivity contribution < 1.29 is 4.74 Å². The first-order valence-electron chi connectivity index (χ1n) is 7.77. The maximum absolute atomic E-state index is 5.64. The van der Waals surface area contributed by atoms with Crippen LogP contribution in [-0.2, 0) is 4.74 Å². The molecule has 0 unspecified atom stereocenters. The highest BCUT2D eigenvalue weighted by atomic mass is 28.3. The number of hydrogen-bond donors (Lipinski definition) is 0. The summed E-state index contributed by atoms with van der Waals surface area (Å²) in [6.07, 6.45) is 0.455. The summed E-state index contributed by atoms with van der Waals surface area (Å²) in [5.41, 5.74) is 0. The van der Waals surface area contributed by atoms with Crippen LogP contribution in [0.15, 0.2) is 60.7 Å². The van der Waals surface area contributed by atoms with E-state index in [2.05, 4.69) is 81.4 Å². The molecule has 21 heavy (non-hydrogen) atoms. The second-order valence-electron chi connectivity index (χ2n) is 7.05. The van der Waals surface area contributed by atoms with E-state index in [4.69, 9.17) is 4.74 Å². The Hall–Kier alpha value is -1.38. The van der Waals surface area contributed by atoms with E-state index in [1.165, 1.54) is 16.4 Å². The monoisotopic (exact) mass is 296 g/mol. The molecule has 1 heterocycles. The second kappa shape index (κ2) is 5.43. The van der Waals surface area contributed by atoms with Crippen molar-refractivity contribution in [3.63, 3.8) is 0 Å². The molecule has 0 bridgehead atoms. The van der Waals surface area contributed by atoms with E-state index in [1.54, 1.807) is 0 Å². The zero-order chi connectivity index (χ0) is 14.9. The summed E-state index contributed by atoms with van der Waals surface area (Å²) in [5, 5.41) is 3.31. The van der Waals surface area contributed by atoms with Crippen molar-refractivity contribution in [2.75, 3.05) is 6.61 Å². The Morgan fingerprint density at radius 3 is 1.67 bits per heavy atom. The maximum atomic E-state index is 5.64. The van der Waals surface area contributed by atoms with Crippen molar-refractivity contribution >= 4 is 18.4 Å². The smallest absolute Gasteiger partial charge is 0.125 e. The third-order valence-corrected chi connectivity index (χ3v) is 11.0. The van der Waals surface area contributed by atoms with E-state index in [-0.39, 0.29) is 5.04 Å². The molecule has 1 atom stereocenters. The van der Waals surface area contributed by atoms with Crippen LogP contribution in [0, 0.1) is 0 Å². The summed E-state index contributed by atoms with van der Waals surface area (Å²) >= 11 is 0. The van der Waals surface area contributed by atoms with E-state index < -0.39 is 8.07 Å². The largest absolute Gasteiger partial charge is 0.373 e. The topological polar surface area (TPSA) is 12.5 Å². The Balaban J connectivity index is 2.20. The predicted molar refractivity (Wildman–Crippen MR) is 92.2 cm³/mol. The fourth-order valence-electron chi connectivity index (χ4n) is 3.55. The van der Waals surface area contributed by atoms with Crippen LogP contribution in [-0.4, -0.2) is 20.8 Å². The molecule has 0 saturated carbocycles. The predicted octanol–water partition coefficient (Wildman–Crippen LogP) is 3.45. The lowest BCUT2D eigenvalue weighted by Gasteiger charge is -2.44. The minimum absolute atomic E-state index is 0.252. The zero-order valence-electron chi connectivity index (χ0n) is 13.2. The molecule has 2 aromatic carbocycles. The molecule has 0 spiro atoms. The van der Waals surface area contributed by atoms with Gasteiger partial charge in [-0.2, -0.15) is 0 Å². The minimum atomic E-state index is -1.87. The van der Waals surface area contributed by atoms with Crippen molar-refractivity contribution in [3.05, 3.63) is 60.7 Å². The van der Waals surface area contributed by atoms with Gasteiger partial charge in [0.2, 0.25) is 0 Å². The zero-order valence-corrected chi connectivity index (χ0v) is 14.2. The van der Waals surface area contributed by atoms with Gasteiger partial charge in [0.15, 0.2) is 0 Å². The molecule has 1 saturated heterocycles. The van der Waals surface area contributed by atoms with Crippen LogP contribution >= 0.6 is 0 Å². The molecule has 1 aliphatic heterocycles. The van der Waals surface area contributed by atoms with Gasteiger partial charge in [-0.1, -0.05) is 91.8 Å². The molecule has 1 aliphatic rings. The van der Waals surface area contributed by atoms with Gasteiger partial charge in [0, 0.05) is 0 Å². The van der Waals surface area contributed by atoms with Crippen LogP contribution in [0.1, 0.15) is 20.8 Å². The van der Waals surface area contributed by atoms with Crippen molar-refractivity contribution in [2.24, 2.45) is 0 Å². The van der Waals surface area contributed by atoms with Gasteiger partial charge in [-0.25, -0.2) is 0 Å². The van der Waals surface area contributed by atoms with E-state index in [0.29, 0.717) is 6.10 Å². The first-order valence-corrected chi connectivity index (χ1v) is 9.97. The summed E-state index contributed by atoms with van der Waals surface area (Å²) in [7, 11) is -1.87. The van der Waals surface area contributed by atoms with E-state index in [1.807, 2.05) is 0 Å². The van der Waals surface area contributed by atoms with Crippen molar-refractivity contribution in [1.82, 2.24) is 0 Å². The Morgan fingerprint density at radius 1 is 0.905 bits per heavy atom. The van der Waals surface area contributed by atoms with Crippen molar-refractivity contribution in [1.29, 1.82) is 0 Å². The molecule has 110 valence electrons.